The molecule has 0 aromatic rings. The second-order valence-electron chi connectivity index (χ2n) is 0.806. The van der Waals surface area contributed by atoms with Crippen LogP contribution in [0.4, 0.5) is 0 Å². The summed E-state index contributed by atoms with van der Waals surface area (Å²) in [5, 5.41) is 8.02. The van der Waals surface area contributed by atoms with Crippen LogP contribution in [0.3, 0.4) is 0 Å². The maximum atomic E-state index is 9.59. The van der Waals surface area contributed by atoms with Crippen LogP contribution in [0.5, 0.6) is 0 Å². The zero-order chi connectivity index (χ0) is 5.86. The van der Waals surface area contributed by atoms with Gasteiger partial charge in [-0.25, -0.2) is 4.84 Å². The molecule has 0 atom stereocenters. The fourth-order valence-corrected chi connectivity index (χ4v) is 0.105. The third kappa shape index (κ3) is 18.0. The van der Waals surface area contributed by atoms with Crippen molar-refractivity contribution in [2.24, 2.45) is 0 Å². The third-order valence-electron chi connectivity index (χ3n) is 0.203. The van der Waals surface area contributed by atoms with Crippen LogP contribution in [-0.4, -0.2) is 16.5 Å². The monoisotopic (exact) mass is 262 g/mol. The molecular weight excluding hydrogens is 257 g/mol. The van der Waals surface area contributed by atoms with E-state index in [-0.39, 0.29) is 41.1 Å². The van der Waals surface area contributed by atoms with Crippen molar-refractivity contribution in [2.45, 2.75) is 6.92 Å². The van der Waals surface area contributed by atoms with Gasteiger partial charge in [-0.3, -0.25) is 4.79 Å². The maximum Gasteiger partial charge on any atom is 0.302 e. The van der Waals surface area contributed by atoms with E-state index in [4.69, 9.17) is 0 Å². The molecule has 6 nitrogen and oxygen atoms in total. The fourth-order valence-electron chi connectivity index (χ4n) is 0.105. The quantitative estimate of drug-likeness (QED) is 0.442. The number of carbonyl (C=O) groups is 1. The van der Waals surface area contributed by atoms with Crippen LogP contribution < -0.4 is 0 Å². The van der Waals surface area contributed by atoms with Crippen molar-refractivity contribution >= 4 is 5.97 Å². The molecule has 51 valence electrons. The molecule has 0 fully saturated rings. The van der Waals surface area contributed by atoms with Gasteiger partial charge in [-0.2, -0.15) is 0 Å². The number of hydrogen-bond donors (Lipinski definition) is 0. The first-order chi connectivity index (χ1) is 3.13. The molecule has 0 bridgehead atoms. The zero-order valence-electron chi connectivity index (χ0n) is 4.66. The van der Waals surface area contributed by atoms with E-state index in [1.807, 2.05) is 0 Å². The molecule has 0 aliphatic rings. The summed E-state index contributed by atoms with van der Waals surface area (Å²) in [6, 6.07) is 0. The molecule has 0 heterocycles. The topological polar surface area (TPSA) is 101 Å². The van der Waals surface area contributed by atoms with E-state index in [9.17, 15) is 14.9 Å². The number of carbonyl (C=O) groups excluding carboxylic acids is 1. The Balaban J connectivity index is -0.000000180. The Morgan fingerprint density at radius 1 is 1.67 bits per heavy atom. The van der Waals surface area contributed by atoms with Gasteiger partial charge >= 0.3 is 11.1 Å². The molecule has 0 aromatic heterocycles. The molecule has 0 saturated carbocycles. The Bertz CT molecular complexity index is 91.1. The van der Waals surface area contributed by atoms with Gasteiger partial charge in [0.2, 0.25) is 0 Å². The first-order valence-electron chi connectivity index (χ1n) is 1.46. The van der Waals surface area contributed by atoms with Crippen molar-refractivity contribution in [3.63, 3.8) is 0 Å². The van der Waals surface area contributed by atoms with Crippen LogP contribution in [0.1, 0.15) is 6.92 Å². The number of nitrogens with zero attached hydrogens (tertiary/aromatic N) is 1. The van der Waals surface area contributed by atoms with Crippen molar-refractivity contribution in [1.29, 1.82) is 0 Å². The van der Waals surface area contributed by atoms with Gasteiger partial charge in [0.15, 0.2) is 0 Å². The van der Waals surface area contributed by atoms with E-state index in [1.54, 1.807) is 0 Å². The second kappa shape index (κ2) is 8.02. The summed E-state index contributed by atoms with van der Waals surface area (Å²) in [5.41, 5.74) is 0. The molecule has 0 amide bonds. The Labute approximate surface area is 78.6 Å². The second-order valence-corrected chi connectivity index (χ2v) is 0.806. The molecule has 9 heavy (non-hydrogen) atoms. The van der Waals surface area contributed by atoms with Crippen molar-refractivity contribution < 1.29 is 55.8 Å². The first-order valence-corrected chi connectivity index (χ1v) is 1.46. The minimum atomic E-state index is -1.15. The molecule has 0 aromatic carbocycles. The minimum absolute atomic E-state index is 0. The standard InChI is InChI=1S/C2H3NO4.La.H2O/c1-2(4)7-3(5)6;;/h1H3;;1H2. The van der Waals surface area contributed by atoms with Gasteiger partial charge in [-0.05, 0) is 0 Å². The molecule has 0 saturated heterocycles. The number of rotatable bonds is 1. The predicted octanol–water partition coefficient (Wildman–Crippen LogP) is -1.08. The smallest absolute Gasteiger partial charge is 0.302 e. The van der Waals surface area contributed by atoms with E-state index < -0.39 is 11.1 Å². The summed E-state index contributed by atoms with van der Waals surface area (Å²) >= 11 is 0. The summed E-state index contributed by atoms with van der Waals surface area (Å²) in [5.74, 6) is -0.912. The normalized spacial score (nSPS) is 5.89. The van der Waals surface area contributed by atoms with Crippen LogP contribution >= 0.6 is 0 Å². The molecule has 0 aliphatic heterocycles. The van der Waals surface area contributed by atoms with Gasteiger partial charge in [0.05, 0.1) is 0 Å². The summed E-state index contributed by atoms with van der Waals surface area (Å²) in [6.45, 7) is 0.961. The molecule has 0 spiro atoms. The van der Waals surface area contributed by atoms with Crippen LogP contribution in [0, 0.1) is 45.7 Å². The van der Waals surface area contributed by atoms with Crippen molar-refractivity contribution in [3.05, 3.63) is 10.1 Å². The Kier molecular flexibility index (Phi) is 14.3. The van der Waals surface area contributed by atoms with Crippen molar-refractivity contribution in [1.82, 2.24) is 0 Å². The zero-order valence-corrected chi connectivity index (χ0v) is 8.28. The van der Waals surface area contributed by atoms with Crippen LogP contribution in [0.2, 0.25) is 0 Å². The minimum Gasteiger partial charge on any atom is -0.412 e. The molecular formula is C2H5LaNO5. The van der Waals surface area contributed by atoms with Crippen LogP contribution in [-0.2, 0) is 9.63 Å². The van der Waals surface area contributed by atoms with Gasteiger partial charge in [-0.1, -0.05) is 0 Å². The Hall–Kier alpha value is 0.0248. The van der Waals surface area contributed by atoms with Crippen molar-refractivity contribution in [2.75, 3.05) is 0 Å². The average molecular weight is 262 g/mol. The van der Waals surface area contributed by atoms with E-state index in [1.165, 1.54) is 0 Å². The summed E-state index contributed by atoms with van der Waals surface area (Å²) in [7, 11) is 0. The van der Waals surface area contributed by atoms with Gasteiger partial charge in [0.25, 0.3) is 0 Å². The summed E-state index contributed by atoms with van der Waals surface area (Å²) in [4.78, 5) is 22.1. The van der Waals surface area contributed by atoms with Crippen LogP contribution in [0.25, 0.3) is 0 Å². The third-order valence-corrected chi connectivity index (χ3v) is 0.203. The summed E-state index contributed by atoms with van der Waals surface area (Å²) in [6.07, 6.45) is 0. The molecule has 0 unspecified atom stereocenters. The SMILES string of the molecule is CC(=O)O[N+](=O)[O-].O.[La]. The molecule has 2 N–H and O–H groups in total. The van der Waals surface area contributed by atoms with E-state index in [2.05, 4.69) is 4.84 Å². The summed E-state index contributed by atoms with van der Waals surface area (Å²) < 4.78 is 0. The van der Waals surface area contributed by atoms with E-state index in [0.717, 1.165) is 6.92 Å². The first kappa shape index (κ1) is 16.0. The van der Waals surface area contributed by atoms with Gasteiger partial charge < -0.3 is 5.48 Å². The molecule has 0 rings (SSSR count). The van der Waals surface area contributed by atoms with E-state index >= 15 is 0 Å². The molecule has 1 radical (unpaired) electrons. The molecule has 7 heteroatoms. The largest absolute Gasteiger partial charge is 0.412 e. The van der Waals surface area contributed by atoms with Crippen LogP contribution in [0.15, 0.2) is 0 Å². The van der Waals surface area contributed by atoms with Crippen molar-refractivity contribution in [3.8, 4) is 0 Å². The van der Waals surface area contributed by atoms with Gasteiger partial charge in [0.1, 0.15) is 0 Å². The average Bonchev–Trinajstić information content (AvgIpc) is 1.27. The Morgan fingerprint density at radius 3 is 2.00 bits per heavy atom. The predicted molar refractivity (Wildman–Crippen MR) is 22.4 cm³/mol. The van der Waals surface area contributed by atoms with E-state index in [0.29, 0.717) is 0 Å². The Morgan fingerprint density at radius 2 is 2.00 bits per heavy atom. The molecule has 0 aliphatic carbocycles. The van der Waals surface area contributed by atoms with Gasteiger partial charge in [-0.15, -0.1) is 10.1 Å². The number of hydrogen-bond acceptors (Lipinski definition) is 4. The van der Waals surface area contributed by atoms with Gasteiger partial charge in [0, 0.05) is 42.5 Å². The maximum absolute atomic E-state index is 9.59. The fraction of sp³-hybridized carbons (Fsp3) is 0.500.